The van der Waals surface area contributed by atoms with Gasteiger partial charge in [-0.15, -0.1) is 0 Å². The monoisotopic (exact) mass is 300 g/mol. The molecule has 2 amide bonds. The number of methoxy groups -OCH3 is 1. The summed E-state index contributed by atoms with van der Waals surface area (Å²) < 4.78 is 4.94. The largest absolute Gasteiger partial charge is 0.481 e. The Balaban J connectivity index is 2.61. The second-order valence-electron chi connectivity index (χ2n) is 5.35. The molecule has 2 unspecified atom stereocenters. The number of ether oxygens (including phenoxy) is 1. The molecule has 1 heterocycles. The van der Waals surface area contributed by atoms with Gasteiger partial charge in [-0.05, 0) is 6.92 Å². The highest BCUT2D eigenvalue weighted by atomic mass is 16.5. The maximum absolute atomic E-state index is 12.4. The van der Waals surface area contributed by atoms with Gasteiger partial charge in [-0.25, -0.2) is 0 Å². The van der Waals surface area contributed by atoms with Crippen LogP contribution in [-0.2, 0) is 19.1 Å². The molecule has 1 aliphatic heterocycles. The minimum Gasteiger partial charge on any atom is -0.481 e. The Morgan fingerprint density at radius 2 is 2.19 bits per heavy atom. The lowest BCUT2D eigenvalue weighted by atomic mass is 10.1. The molecule has 7 nitrogen and oxygen atoms in total. The quantitative estimate of drug-likeness (QED) is 0.684. The lowest BCUT2D eigenvalue weighted by molar-refractivity contribution is -0.144. The third-order valence-electron chi connectivity index (χ3n) is 3.74. The Morgan fingerprint density at radius 1 is 1.52 bits per heavy atom. The van der Waals surface area contributed by atoms with E-state index in [9.17, 15) is 14.4 Å². The molecule has 1 N–H and O–H groups in total. The van der Waals surface area contributed by atoms with Crippen LogP contribution >= 0.6 is 0 Å². The van der Waals surface area contributed by atoms with Gasteiger partial charge in [-0.2, -0.15) is 0 Å². The van der Waals surface area contributed by atoms with E-state index in [1.807, 2.05) is 6.92 Å². The molecular weight excluding hydrogens is 276 g/mol. The molecule has 0 bridgehead atoms. The third-order valence-corrected chi connectivity index (χ3v) is 3.74. The molecule has 1 saturated heterocycles. The maximum atomic E-state index is 12.4. The molecule has 0 aliphatic carbocycles. The zero-order valence-electron chi connectivity index (χ0n) is 12.9. The van der Waals surface area contributed by atoms with Gasteiger partial charge in [-0.3, -0.25) is 14.4 Å². The average Bonchev–Trinajstić information content (AvgIpc) is 2.82. The summed E-state index contributed by atoms with van der Waals surface area (Å²) in [4.78, 5) is 38.3. The molecule has 0 saturated carbocycles. The second-order valence-corrected chi connectivity index (χ2v) is 5.35. The van der Waals surface area contributed by atoms with Crippen molar-refractivity contribution in [3.05, 3.63) is 0 Å². The van der Waals surface area contributed by atoms with Gasteiger partial charge in [0.05, 0.1) is 18.4 Å². The minimum absolute atomic E-state index is 0.0484. The number of carbonyl (C=O) groups is 3. The van der Waals surface area contributed by atoms with Crippen molar-refractivity contribution in [2.45, 2.75) is 20.3 Å². The van der Waals surface area contributed by atoms with Gasteiger partial charge in [0.2, 0.25) is 11.8 Å². The Labute approximate surface area is 124 Å². The summed E-state index contributed by atoms with van der Waals surface area (Å²) in [6.07, 6.45) is 0.195. The van der Waals surface area contributed by atoms with E-state index < -0.39 is 11.9 Å². The van der Waals surface area contributed by atoms with Gasteiger partial charge < -0.3 is 19.6 Å². The van der Waals surface area contributed by atoms with Crippen molar-refractivity contribution >= 4 is 17.8 Å². The second kappa shape index (κ2) is 7.97. The summed E-state index contributed by atoms with van der Waals surface area (Å²) in [7, 11) is 1.56. The van der Waals surface area contributed by atoms with Crippen molar-refractivity contribution < 1.29 is 24.2 Å². The molecule has 0 radical (unpaired) electrons. The number of carboxylic acids is 1. The predicted octanol–water partition coefficient (Wildman–Crippen LogP) is 0.0505. The molecule has 2 atom stereocenters. The minimum atomic E-state index is -0.925. The lowest BCUT2D eigenvalue weighted by Crippen LogP contribution is -2.41. The van der Waals surface area contributed by atoms with E-state index in [4.69, 9.17) is 9.84 Å². The van der Waals surface area contributed by atoms with Crippen LogP contribution in [0.3, 0.4) is 0 Å². The summed E-state index contributed by atoms with van der Waals surface area (Å²) >= 11 is 0. The number of rotatable bonds is 8. The molecule has 1 aliphatic rings. The van der Waals surface area contributed by atoms with Crippen molar-refractivity contribution in [1.82, 2.24) is 9.80 Å². The standard InChI is InChI=1S/C14H24N2O5/c1-4-15(8-10(2)14(19)20)13(18)11-7-12(17)16(9-11)5-6-21-3/h10-11H,4-9H2,1-3H3,(H,19,20). The molecule has 21 heavy (non-hydrogen) atoms. The highest BCUT2D eigenvalue weighted by Crippen LogP contribution is 2.20. The number of aliphatic carboxylic acids is 1. The first-order valence-electron chi connectivity index (χ1n) is 7.19. The van der Waals surface area contributed by atoms with Gasteiger partial charge in [0.25, 0.3) is 0 Å². The van der Waals surface area contributed by atoms with Gasteiger partial charge in [0.15, 0.2) is 0 Å². The van der Waals surface area contributed by atoms with Crippen LogP contribution in [0.15, 0.2) is 0 Å². The molecule has 1 fully saturated rings. The van der Waals surface area contributed by atoms with Crippen molar-refractivity contribution in [3.63, 3.8) is 0 Å². The fourth-order valence-electron chi connectivity index (χ4n) is 2.40. The first-order valence-corrected chi connectivity index (χ1v) is 7.19. The van der Waals surface area contributed by atoms with Gasteiger partial charge in [0.1, 0.15) is 0 Å². The van der Waals surface area contributed by atoms with Gasteiger partial charge in [0, 0.05) is 39.7 Å². The molecule has 0 aromatic carbocycles. The summed E-state index contributed by atoms with van der Waals surface area (Å²) in [5.74, 6) is -2.11. The molecule has 1 rings (SSSR count). The van der Waals surface area contributed by atoms with Gasteiger partial charge >= 0.3 is 5.97 Å². The van der Waals surface area contributed by atoms with Crippen LogP contribution < -0.4 is 0 Å². The van der Waals surface area contributed by atoms with Crippen LogP contribution in [0.1, 0.15) is 20.3 Å². The number of amides is 2. The third kappa shape index (κ3) is 4.70. The summed E-state index contributed by atoms with van der Waals surface area (Å²) in [5, 5.41) is 8.94. The van der Waals surface area contributed by atoms with Crippen LogP contribution in [0, 0.1) is 11.8 Å². The molecule has 0 aromatic heterocycles. The Kier molecular flexibility index (Phi) is 6.61. The van der Waals surface area contributed by atoms with E-state index >= 15 is 0 Å². The van der Waals surface area contributed by atoms with E-state index in [0.29, 0.717) is 26.2 Å². The van der Waals surface area contributed by atoms with E-state index in [1.54, 1.807) is 18.9 Å². The van der Waals surface area contributed by atoms with E-state index in [-0.39, 0.29) is 30.7 Å². The number of carbonyl (C=O) groups excluding carboxylic acids is 2. The molecule has 0 aromatic rings. The number of nitrogens with zero attached hydrogens (tertiary/aromatic N) is 2. The highest BCUT2D eigenvalue weighted by Gasteiger charge is 2.36. The highest BCUT2D eigenvalue weighted by molar-refractivity contribution is 5.89. The van der Waals surface area contributed by atoms with E-state index in [2.05, 4.69) is 0 Å². The first kappa shape index (κ1) is 17.4. The average molecular weight is 300 g/mol. The van der Waals surface area contributed by atoms with Crippen LogP contribution in [0.2, 0.25) is 0 Å². The van der Waals surface area contributed by atoms with Gasteiger partial charge in [-0.1, -0.05) is 6.92 Å². The Hall–Kier alpha value is -1.63. The van der Waals surface area contributed by atoms with Crippen LogP contribution in [0.5, 0.6) is 0 Å². The normalized spacial score (nSPS) is 19.7. The van der Waals surface area contributed by atoms with Crippen LogP contribution in [0.25, 0.3) is 0 Å². The zero-order chi connectivity index (χ0) is 16.0. The zero-order valence-corrected chi connectivity index (χ0v) is 12.9. The van der Waals surface area contributed by atoms with E-state index in [1.165, 1.54) is 4.90 Å². The molecule has 120 valence electrons. The van der Waals surface area contributed by atoms with Crippen molar-refractivity contribution in [1.29, 1.82) is 0 Å². The van der Waals surface area contributed by atoms with Crippen LogP contribution in [-0.4, -0.2) is 72.6 Å². The fraction of sp³-hybridized carbons (Fsp3) is 0.786. The number of carboxylic acid groups (broad SMARTS) is 1. The maximum Gasteiger partial charge on any atom is 0.308 e. The molecule has 0 spiro atoms. The Morgan fingerprint density at radius 3 is 2.71 bits per heavy atom. The fourth-order valence-corrected chi connectivity index (χ4v) is 2.40. The smallest absolute Gasteiger partial charge is 0.308 e. The Bertz CT molecular complexity index is 399. The number of hydrogen-bond donors (Lipinski definition) is 1. The summed E-state index contributed by atoms with van der Waals surface area (Å²) in [6.45, 7) is 5.32. The van der Waals surface area contributed by atoms with Crippen molar-refractivity contribution in [2.75, 3.05) is 39.9 Å². The van der Waals surface area contributed by atoms with E-state index in [0.717, 1.165) is 0 Å². The topological polar surface area (TPSA) is 87.2 Å². The SMILES string of the molecule is CCN(CC(C)C(=O)O)C(=O)C1CC(=O)N(CCOC)C1. The summed E-state index contributed by atoms with van der Waals surface area (Å²) in [6, 6.07) is 0. The van der Waals surface area contributed by atoms with Crippen molar-refractivity contribution in [2.24, 2.45) is 11.8 Å². The molecule has 7 heteroatoms. The molecular formula is C14H24N2O5. The van der Waals surface area contributed by atoms with Crippen molar-refractivity contribution in [3.8, 4) is 0 Å². The van der Waals surface area contributed by atoms with Crippen LogP contribution in [0.4, 0.5) is 0 Å². The lowest BCUT2D eigenvalue weighted by Gasteiger charge is -2.25. The predicted molar refractivity (Wildman–Crippen MR) is 75.6 cm³/mol. The number of likely N-dealkylation sites (tertiary alicyclic amines) is 1. The first-order chi connectivity index (χ1) is 9.90. The summed E-state index contributed by atoms with van der Waals surface area (Å²) in [5.41, 5.74) is 0. The number of hydrogen-bond acceptors (Lipinski definition) is 4.